The van der Waals surface area contributed by atoms with Gasteiger partial charge in [0.05, 0.1) is 0 Å². The monoisotopic (exact) mass is 246 g/mol. The van der Waals surface area contributed by atoms with Gasteiger partial charge < -0.3 is 10.2 Å². The Morgan fingerprint density at radius 2 is 2.11 bits per heavy atom. The van der Waals surface area contributed by atoms with Crippen LogP contribution in [0.2, 0.25) is 0 Å². The second kappa shape index (κ2) is 7.55. The molecule has 0 spiro atoms. The van der Waals surface area contributed by atoms with Gasteiger partial charge in [-0.2, -0.15) is 0 Å². The van der Waals surface area contributed by atoms with Gasteiger partial charge in [-0.05, 0) is 50.4 Å². The highest BCUT2D eigenvalue weighted by atomic mass is 15.1. The number of hydrogen-bond acceptors (Lipinski definition) is 2. The Morgan fingerprint density at radius 1 is 1.28 bits per heavy atom. The van der Waals surface area contributed by atoms with E-state index in [0.29, 0.717) is 0 Å². The predicted octanol–water partition coefficient (Wildman–Crippen LogP) is 2.55. The fourth-order valence-electron chi connectivity index (χ4n) is 2.76. The van der Waals surface area contributed by atoms with E-state index in [2.05, 4.69) is 47.5 Å². The lowest BCUT2D eigenvalue weighted by molar-refractivity contribution is 0.218. The standard InChI is InChI=1S/C16H26N2/c1-2-18(14-16-9-6-11-17-13-16)12-10-15-7-4-3-5-8-15/h3-5,7-8,16-17H,2,6,9-14H2,1H3. The molecule has 18 heavy (non-hydrogen) atoms. The molecule has 1 saturated heterocycles. The molecule has 1 N–H and O–H groups in total. The van der Waals surface area contributed by atoms with E-state index < -0.39 is 0 Å². The van der Waals surface area contributed by atoms with Crippen molar-refractivity contribution in [1.29, 1.82) is 0 Å². The van der Waals surface area contributed by atoms with E-state index in [1.54, 1.807) is 0 Å². The molecular weight excluding hydrogens is 220 g/mol. The van der Waals surface area contributed by atoms with Crippen molar-refractivity contribution in [3.8, 4) is 0 Å². The van der Waals surface area contributed by atoms with Gasteiger partial charge in [0, 0.05) is 13.1 Å². The first kappa shape index (κ1) is 13.6. The van der Waals surface area contributed by atoms with Gasteiger partial charge >= 0.3 is 0 Å². The predicted molar refractivity (Wildman–Crippen MR) is 77.9 cm³/mol. The van der Waals surface area contributed by atoms with Crippen molar-refractivity contribution in [2.75, 3.05) is 32.7 Å². The Labute approximate surface area is 111 Å². The zero-order valence-corrected chi connectivity index (χ0v) is 11.6. The van der Waals surface area contributed by atoms with Gasteiger partial charge in [-0.25, -0.2) is 0 Å². The van der Waals surface area contributed by atoms with Crippen LogP contribution in [0.15, 0.2) is 30.3 Å². The summed E-state index contributed by atoms with van der Waals surface area (Å²) in [5.74, 6) is 0.856. The van der Waals surface area contributed by atoms with Gasteiger partial charge in [-0.3, -0.25) is 0 Å². The highest BCUT2D eigenvalue weighted by molar-refractivity contribution is 5.14. The Bertz CT molecular complexity index is 317. The van der Waals surface area contributed by atoms with Crippen LogP contribution in [0, 0.1) is 5.92 Å². The van der Waals surface area contributed by atoms with Gasteiger partial charge in [0.25, 0.3) is 0 Å². The van der Waals surface area contributed by atoms with Crippen LogP contribution in [-0.2, 0) is 6.42 Å². The quantitative estimate of drug-likeness (QED) is 0.830. The summed E-state index contributed by atoms with van der Waals surface area (Å²) in [6.07, 6.45) is 3.92. The van der Waals surface area contributed by atoms with Crippen molar-refractivity contribution in [2.45, 2.75) is 26.2 Å². The summed E-state index contributed by atoms with van der Waals surface area (Å²) in [7, 11) is 0. The van der Waals surface area contributed by atoms with E-state index in [-0.39, 0.29) is 0 Å². The molecule has 1 aliphatic rings. The Morgan fingerprint density at radius 3 is 2.78 bits per heavy atom. The number of benzene rings is 1. The second-order valence-electron chi connectivity index (χ2n) is 5.34. The number of likely N-dealkylation sites (N-methyl/N-ethyl adjacent to an activating group) is 1. The largest absolute Gasteiger partial charge is 0.316 e. The smallest absolute Gasteiger partial charge is 0.00218 e. The normalized spacial score (nSPS) is 20.2. The highest BCUT2D eigenvalue weighted by Gasteiger charge is 2.15. The average molecular weight is 246 g/mol. The fraction of sp³-hybridized carbons (Fsp3) is 0.625. The molecule has 1 aromatic rings. The summed E-state index contributed by atoms with van der Waals surface area (Å²) in [5.41, 5.74) is 1.46. The molecule has 1 aromatic carbocycles. The molecule has 100 valence electrons. The van der Waals surface area contributed by atoms with E-state index in [0.717, 1.165) is 5.92 Å². The van der Waals surface area contributed by atoms with Crippen LogP contribution in [0.25, 0.3) is 0 Å². The third-order valence-corrected chi connectivity index (χ3v) is 3.92. The Hall–Kier alpha value is -0.860. The van der Waals surface area contributed by atoms with E-state index in [1.165, 1.54) is 57.5 Å². The molecular formula is C16H26N2. The number of rotatable bonds is 6. The maximum absolute atomic E-state index is 3.51. The summed E-state index contributed by atoms with van der Waals surface area (Å²) in [5, 5.41) is 3.51. The molecule has 1 aliphatic heterocycles. The molecule has 1 heterocycles. The lowest BCUT2D eigenvalue weighted by atomic mass is 9.99. The summed E-state index contributed by atoms with van der Waals surface area (Å²) in [4.78, 5) is 2.60. The van der Waals surface area contributed by atoms with Gasteiger partial charge in [-0.15, -0.1) is 0 Å². The van der Waals surface area contributed by atoms with Gasteiger partial charge in [-0.1, -0.05) is 37.3 Å². The van der Waals surface area contributed by atoms with Crippen LogP contribution >= 0.6 is 0 Å². The summed E-state index contributed by atoms with van der Waals surface area (Å²) in [6, 6.07) is 10.8. The minimum absolute atomic E-state index is 0.856. The molecule has 0 amide bonds. The molecule has 2 heteroatoms. The van der Waals surface area contributed by atoms with Gasteiger partial charge in [0.15, 0.2) is 0 Å². The van der Waals surface area contributed by atoms with Crippen LogP contribution in [-0.4, -0.2) is 37.6 Å². The first-order valence-electron chi connectivity index (χ1n) is 7.35. The van der Waals surface area contributed by atoms with E-state index in [4.69, 9.17) is 0 Å². The van der Waals surface area contributed by atoms with Crippen LogP contribution in [0.4, 0.5) is 0 Å². The zero-order valence-electron chi connectivity index (χ0n) is 11.6. The van der Waals surface area contributed by atoms with E-state index in [9.17, 15) is 0 Å². The SMILES string of the molecule is CCN(CCc1ccccc1)CC1CCCNC1. The number of hydrogen-bond donors (Lipinski definition) is 1. The first-order chi connectivity index (χ1) is 8.88. The van der Waals surface area contributed by atoms with Crippen molar-refractivity contribution in [1.82, 2.24) is 10.2 Å². The molecule has 0 aliphatic carbocycles. The second-order valence-corrected chi connectivity index (χ2v) is 5.34. The third-order valence-electron chi connectivity index (χ3n) is 3.92. The van der Waals surface area contributed by atoms with Crippen LogP contribution in [0.1, 0.15) is 25.3 Å². The fourth-order valence-corrected chi connectivity index (χ4v) is 2.76. The molecule has 1 fully saturated rings. The lowest BCUT2D eigenvalue weighted by Crippen LogP contribution is -2.39. The minimum atomic E-state index is 0.856. The topological polar surface area (TPSA) is 15.3 Å². The Kier molecular flexibility index (Phi) is 5.69. The molecule has 0 radical (unpaired) electrons. The van der Waals surface area contributed by atoms with Crippen molar-refractivity contribution < 1.29 is 0 Å². The van der Waals surface area contributed by atoms with Crippen molar-refractivity contribution >= 4 is 0 Å². The lowest BCUT2D eigenvalue weighted by Gasteiger charge is -2.29. The van der Waals surface area contributed by atoms with Crippen molar-refractivity contribution in [3.05, 3.63) is 35.9 Å². The van der Waals surface area contributed by atoms with E-state index >= 15 is 0 Å². The molecule has 2 rings (SSSR count). The Balaban J connectivity index is 1.74. The van der Waals surface area contributed by atoms with Gasteiger partial charge in [0.2, 0.25) is 0 Å². The van der Waals surface area contributed by atoms with Gasteiger partial charge in [0.1, 0.15) is 0 Å². The summed E-state index contributed by atoms with van der Waals surface area (Å²) in [6.45, 7) is 8.33. The molecule has 2 nitrogen and oxygen atoms in total. The molecule has 1 unspecified atom stereocenters. The zero-order chi connectivity index (χ0) is 12.6. The molecule has 0 aromatic heterocycles. The maximum atomic E-state index is 3.51. The van der Waals surface area contributed by atoms with Crippen molar-refractivity contribution in [2.24, 2.45) is 5.92 Å². The number of nitrogens with zero attached hydrogens (tertiary/aromatic N) is 1. The van der Waals surface area contributed by atoms with Crippen LogP contribution < -0.4 is 5.32 Å². The van der Waals surface area contributed by atoms with Crippen LogP contribution in [0.5, 0.6) is 0 Å². The minimum Gasteiger partial charge on any atom is -0.316 e. The summed E-state index contributed by atoms with van der Waals surface area (Å²) < 4.78 is 0. The molecule has 0 saturated carbocycles. The van der Waals surface area contributed by atoms with Crippen molar-refractivity contribution in [3.63, 3.8) is 0 Å². The number of nitrogens with one attached hydrogen (secondary N) is 1. The summed E-state index contributed by atoms with van der Waals surface area (Å²) >= 11 is 0. The van der Waals surface area contributed by atoms with Crippen LogP contribution in [0.3, 0.4) is 0 Å². The first-order valence-corrected chi connectivity index (χ1v) is 7.35. The molecule has 0 bridgehead atoms. The maximum Gasteiger partial charge on any atom is 0.00218 e. The third kappa shape index (κ3) is 4.43. The average Bonchev–Trinajstić information content (AvgIpc) is 2.45. The van der Waals surface area contributed by atoms with E-state index in [1.807, 2.05) is 0 Å². The molecule has 1 atom stereocenters. The highest BCUT2D eigenvalue weighted by Crippen LogP contribution is 2.12. The number of piperidine rings is 1.